The van der Waals surface area contributed by atoms with Gasteiger partial charge >= 0.3 is 5.97 Å². The Kier molecular flexibility index (Phi) is 20.7. The van der Waals surface area contributed by atoms with Gasteiger partial charge in [-0.1, -0.05) is 97.3 Å². The van der Waals surface area contributed by atoms with E-state index in [4.69, 9.17) is 16.3 Å². The predicted octanol–water partition coefficient (Wildman–Crippen LogP) is 8.91. The molecule has 1 fully saturated rings. The molecule has 1 aliphatic carbocycles. The highest BCUT2D eigenvalue weighted by Gasteiger charge is 2.21. The first-order chi connectivity index (χ1) is 16.2. The molecule has 3 nitrogen and oxygen atoms in total. The van der Waals surface area contributed by atoms with E-state index in [9.17, 15) is 4.79 Å². The van der Waals surface area contributed by atoms with Crippen LogP contribution in [0, 0.1) is 5.92 Å². The van der Waals surface area contributed by atoms with E-state index in [1.807, 2.05) is 0 Å². The fraction of sp³-hybridized carbons (Fsp3) is 0.966. The van der Waals surface area contributed by atoms with E-state index in [0.717, 1.165) is 37.9 Å². The minimum absolute atomic E-state index is 0.0184. The standard InChI is InChI=1S/C29H56ClNO2/c1-3-5-7-9-10-13-19-27(18-12-8-6-4-2)26-33-29(32)22-14-11-17-24-31(25-23-30)28-20-15-16-21-28/h27-28H,3-26H2,1-2H3. The Bertz CT molecular complexity index is 439. The topological polar surface area (TPSA) is 29.5 Å². The molecule has 0 heterocycles. The van der Waals surface area contributed by atoms with Gasteiger partial charge in [-0.05, 0) is 51.0 Å². The molecule has 0 radical (unpaired) electrons. The van der Waals surface area contributed by atoms with Gasteiger partial charge in [0.05, 0.1) is 6.61 Å². The van der Waals surface area contributed by atoms with Gasteiger partial charge in [-0.2, -0.15) is 0 Å². The molecule has 4 heteroatoms. The minimum atomic E-state index is 0.0184. The Balaban J connectivity index is 2.18. The second kappa shape index (κ2) is 22.2. The van der Waals surface area contributed by atoms with Gasteiger partial charge in [-0.25, -0.2) is 0 Å². The van der Waals surface area contributed by atoms with Crippen LogP contribution >= 0.6 is 11.6 Å². The molecule has 0 amide bonds. The number of rotatable bonds is 23. The summed E-state index contributed by atoms with van der Waals surface area (Å²) in [7, 11) is 0. The normalized spacial score (nSPS) is 15.4. The summed E-state index contributed by atoms with van der Waals surface area (Å²) in [6.07, 6.45) is 24.9. The molecule has 33 heavy (non-hydrogen) atoms. The molecule has 1 rings (SSSR count). The van der Waals surface area contributed by atoms with Gasteiger partial charge in [0.25, 0.3) is 0 Å². The Morgan fingerprint density at radius 3 is 2.03 bits per heavy atom. The van der Waals surface area contributed by atoms with Crippen LogP contribution in [0.2, 0.25) is 0 Å². The van der Waals surface area contributed by atoms with Crippen LogP contribution in [0.1, 0.15) is 142 Å². The maximum Gasteiger partial charge on any atom is 0.305 e. The lowest BCUT2D eigenvalue weighted by Gasteiger charge is -2.28. The molecule has 0 aromatic rings. The lowest BCUT2D eigenvalue weighted by atomic mass is 9.95. The molecular weight excluding hydrogens is 430 g/mol. The molecule has 0 spiro atoms. The third-order valence-corrected chi connectivity index (χ3v) is 7.62. The summed E-state index contributed by atoms with van der Waals surface area (Å²) in [5.74, 6) is 1.30. The molecule has 0 aromatic heterocycles. The van der Waals surface area contributed by atoms with Crippen molar-refractivity contribution < 1.29 is 9.53 Å². The fourth-order valence-corrected chi connectivity index (χ4v) is 5.50. The van der Waals surface area contributed by atoms with Crippen molar-refractivity contribution in [3.63, 3.8) is 0 Å². The number of ether oxygens (including phenoxy) is 1. The van der Waals surface area contributed by atoms with E-state index in [1.165, 1.54) is 109 Å². The summed E-state index contributed by atoms with van der Waals surface area (Å²) in [5, 5.41) is 0. The Hall–Kier alpha value is -0.280. The van der Waals surface area contributed by atoms with Gasteiger partial charge in [0.1, 0.15) is 0 Å². The lowest BCUT2D eigenvalue weighted by molar-refractivity contribution is -0.145. The zero-order valence-electron chi connectivity index (χ0n) is 22.3. The number of hydrogen-bond donors (Lipinski definition) is 0. The van der Waals surface area contributed by atoms with E-state index in [0.29, 0.717) is 18.9 Å². The van der Waals surface area contributed by atoms with Crippen molar-refractivity contribution in [3.8, 4) is 0 Å². The van der Waals surface area contributed by atoms with Gasteiger partial charge in [0, 0.05) is 24.9 Å². The molecule has 0 saturated heterocycles. The zero-order chi connectivity index (χ0) is 24.0. The van der Waals surface area contributed by atoms with E-state index in [1.54, 1.807) is 0 Å². The molecule has 1 unspecified atom stereocenters. The summed E-state index contributed by atoms with van der Waals surface area (Å²) < 4.78 is 5.74. The largest absolute Gasteiger partial charge is 0.465 e. The quantitative estimate of drug-likeness (QED) is 0.0821. The highest BCUT2D eigenvalue weighted by molar-refractivity contribution is 6.18. The van der Waals surface area contributed by atoms with E-state index in [-0.39, 0.29) is 5.97 Å². The molecular formula is C29H56ClNO2. The van der Waals surface area contributed by atoms with Gasteiger partial charge in [-0.3, -0.25) is 9.69 Å². The average Bonchev–Trinajstić information content (AvgIpc) is 3.35. The van der Waals surface area contributed by atoms with Crippen molar-refractivity contribution in [2.24, 2.45) is 5.92 Å². The number of nitrogens with zero attached hydrogens (tertiary/aromatic N) is 1. The summed E-state index contributed by atoms with van der Waals surface area (Å²) in [4.78, 5) is 14.9. The average molecular weight is 486 g/mol. The number of unbranched alkanes of at least 4 members (excludes halogenated alkanes) is 10. The second-order valence-corrected chi connectivity index (χ2v) is 10.8. The van der Waals surface area contributed by atoms with Crippen LogP contribution in [-0.2, 0) is 9.53 Å². The lowest BCUT2D eigenvalue weighted by Crippen LogP contribution is -2.35. The van der Waals surface area contributed by atoms with Crippen molar-refractivity contribution in [1.29, 1.82) is 0 Å². The summed E-state index contributed by atoms with van der Waals surface area (Å²) in [5.41, 5.74) is 0. The van der Waals surface area contributed by atoms with Crippen molar-refractivity contribution in [2.45, 2.75) is 148 Å². The highest BCUT2D eigenvalue weighted by Crippen LogP contribution is 2.24. The Labute approximate surface area is 211 Å². The third kappa shape index (κ3) is 16.9. The third-order valence-electron chi connectivity index (χ3n) is 7.45. The van der Waals surface area contributed by atoms with Crippen LogP contribution in [0.15, 0.2) is 0 Å². The van der Waals surface area contributed by atoms with Crippen LogP contribution in [0.3, 0.4) is 0 Å². The summed E-state index contributed by atoms with van der Waals surface area (Å²) in [6, 6.07) is 0.745. The SMILES string of the molecule is CCCCCCCCC(CCCCCC)COC(=O)CCCCCN(CCCl)C1CCCC1. The van der Waals surface area contributed by atoms with Crippen LogP contribution in [-0.4, -0.2) is 42.5 Å². The maximum atomic E-state index is 12.3. The smallest absolute Gasteiger partial charge is 0.305 e. The summed E-state index contributed by atoms with van der Waals surface area (Å²) >= 11 is 6.02. The van der Waals surface area contributed by atoms with Gasteiger partial charge in [0.2, 0.25) is 0 Å². The van der Waals surface area contributed by atoms with E-state index in [2.05, 4.69) is 18.7 Å². The Morgan fingerprint density at radius 1 is 0.818 bits per heavy atom. The molecule has 0 N–H and O–H groups in total. The van der Waals surface area contributed by atoms with Gasteiger partial charge in [0.15, 0.2) is 0 Å². The van der Waals surface area contributed by atoms with Crippen molar-refractivity contribution >= 4 is 17.6 Å². The minimum Gasteiger partial charge on any atom is -0.465 e. The van der Waals surface area contributed by atoms with E-state index >= 15 is 0 Å². The molecule has 196 valence electrons. The zero-order valence-corrected chi connectivity index (χ0v) is 23.0. The van der Waals surface area contributed by atoms with Crippen molar-refractivity contribution in [3.05, 3.63) is 0 Å². The molecule has 0 aromatic carbocycles. The first-order valence-corrected chi connectivity index (χ1v) is 15.2. The molecule has 0 bridgehead atoms. The second-order valence-electron chi connectivity index (χ2n) is 10.4. The van der Waals surface area contributed by atoms with E-state index < -0.39 is 0 Å². The molecule has 0 aliphatic heterocycles. The number of carbonyl (C=O) groups excluding carboxylic acids is 1. The molecule has 1 saturated carbocycles. The van der Waals surface area contributed by atoms with Crippen LogP contribution in [0.25, 0.3) is 0 Å². The fourth-order valence-electron chi connectivity index (χ4n) is 5.28. The van der Waals surface area contributed by atoms with Crippen LogP contribution < -0.4 is 0 Å². The molecule has 1 atom stereocenters. The number of esters is 1. The van der Waals surface area contributed by atoms with Gasteiger partial charge < -0.3 is 4.74 Å². The predicted molar refractivity (Wildman–Crippen MR) is 144 cm³/mol. The van der Waals surface area contributed by atoms with Crippen molar-refractivity contribution in [2.75, 3.05) is 25.6 Å². The summed E-state index contributed by atoms with van der Waals surface area (Å²) in [6.45, 7) is 7.31. The Morgan fingerprint density at radius 2 is 1.39 bits per heavy atom. The highest BCUT2D eigenvalue weighted by atomic mass is 35.5. The number of alkyl halides is 1. The number of hydrogen-bond acceptors (Lipinski definition) is 3. The van der Waals surface area contributed by atoms with Gasteiger partial charge in [-0.15, -0.1) is 11.6 Å². The van der Waals surface area contributed by atoms with Crippen LogP contribution in [0.4, 0.5) is 0 Å². The monoisotopic (exact) mass is 485 g/mol. The first kappa shape index (κ1) is 30.8. The molecule has 1 aliphatic rings. The number of carbonyl (C=O) groups is 1. The van der Waals surface area contributed by atoms with Crippen molar-refractivity contribution in [1.82, 2.24) is 4.90 Å². The van der Waals surface area contributed by atoms with Crippen LogP contribution in [0.5, 0.6) is 0 Å². The number of halogens is 1. The maximum absolute atomic E-state index is 12.3. The first-order valence-electron chi connectivity index (χ1n) is 14.7.